The first-order chi connectivity index (χ1) is 7.95. The minimum absolute atomic E-state index is 0.0289. The molecule has 0 saturated heterocycles. The zero-order chi connectivity index (χ0) is 13.0. The second-order valence-corrected chi connectivity index (χ2v) is 3.69. The van der Waals surface area contributed by atoms with E-state index in [0.29, 0.717) is 0 Å². The lowest BCUT2D eigenvalue weighted by molar-refractivity contribution is -0.137. The van der Waals surface area contributed by atoms with Crippen molar-refractivity contribution in [1.82, 2.24) is 5.32 Å². The van der Waals surface area contributed by atoms with E-state index in [-0.39, 0.29) is 12.0 Å². The first-order valence-corrected chi connectivity index (χ1v) is 5.05. The highest BCUT2D eigenvalue weighted by molar-refractivity contribution is 5.67. The Morgan fingerprint density at radius 2 is 2.18 bits per heavy atom. The number of carboxylic acids is 1. The van der Waals surface area contributed by atoms with E-state index in [9.17, 15) is 13.6 Å². The van der Waals surface area contributed by atoms with Crippen LogP contribution in [0.3, 0.4) is 0 Å². The number of nitrogens with one attached hydrogen (secondary N) is 1. The van der Waals surface area contributed by atoms with Crippen molar-refractivity contribution in [3.05, 3.63) is 35.4 Å². The number of aliphatic carboxylic acids is 1. The normalized spacial score (nSPS) is 14.4. The molecule has 0 fully saturated rings. The summed E-state index contributed by atoms with van der Waals surface area (Å²) in [5.74, 6) is -2.30. The molecule has 0 aromatic heterocycles. The first kappa shape index (κ1) is 13.5. The SMILES string of the molecule is CNC(c1cc(F)ccc1F)C(N)CC(=O)O. The molecule has 2 atom stereocenters. The fourth-order valence-electron chi connectivity index (χ4n) is 1.67. The van der Waals surface area contributed by atoms with Gasteiger partial charge in [0.1, 0.15) is 11.6 Å². The number of hydrogen-bond donors (Lipinski definition) is 3. The van der Waals surface area contributed by atoms with Crippen LogP contribution in [0.5, 0.6) is 0 Å². The second kappa shape index (κ2) is 5.70. The van der Waals surface area contributed by atoms with Gasteiger partial charge in [0, 0.05) is 11.6 Å². The predicted molar refractivity (Wildman–Crippen MR) is 58.4 cm³/mol. The molecule has 4 N–H and O–H groups in total. The number of hydrogen-bond acceptors (Lipinski definition) is 3. The van der Waals surface area contributed by atoms with E-state index in [1.807, 2.05) is 0 Å². The molecule has 0 aliphatic rings. The highest BCUT2D eigenvalue weighted by Gasteiger charge is 2.23. The molecular formula is C11H14F2N2O2. The molecule has 0 radical (unpaired) electrons. The Kier molecular flexibility index (Phi) is 4.53. The van der Waals surface area contributed by atoms with Crippen molar-refractivity contribution in [2.75, 3.05) is 7.05 Å². The molecule has 0 amide bonds. The predicted octanol–water partition coefficient (Wildman–Crippen LogP) is 1.03. The van der Waals surface area contributed by atoms with Gasteiger partial charge in [-0.15, -0.1) is 0 Å². The number of carbonyl (C=O) groups is 1. The molecule has 1 rings (SSSR count). The van der Waals surface area contributed by atoms with Crippen LogP contribution in [0.25, 0.3) is 0 Å². The smallest absolute Gasteiger partial charge is 0.304 e. The maximum atomic E-state index is 13.5. The van der Waals surface area contributed by atoms with Crippen molar-refractivity contribution >= 4 is 5.97 Å². The third kappa shape index (κ3) is 3.47. The van der Waals surface area contributed by atoms with Crippen LogP contribution < -0.4 is 11.1 Å². The third-order valence-corrected chi connectivity index (χ3v) is 2.44. The number of rotatable bonds is 5. The molecular weight excluding hydrogens is 230 g/mol. The van der Waals surface area contributed by atoms with Crippen molar-refractivity contribution in [3.63, 3.8) is 0 Å². The zero-order valence-electron chi connectivity index (χ0n) is 9.28. The van der Waals surface area contributed by atoms with E-state index in [1.54, 1.807) is 0 Å². The van der Waals surface area contributed by atoms with Crippen LogP contribution in [-0.2, 0) is 4.79 Å². The lowest BCUT2D eigenvalue weighted by Crippen LogP contribution is -2.38. The van der Waals surface area contributed by atoms with Gasteiger partial charge in [-0.25, -0.2) is 8.78 Å². The zero-order valence-corrected chi connectivity index (χ0v) is 9.28. The van der Waals surface area contributed by atoms with Crippen molar-refractivity contribution in [2.45, 2.75) is 18.5 Å². The average Bonchev–Trinajstić information content (AvgIpc) is 2.23. The lowest BCUT2D eigenvalue weighted by Gasteiger charge is -2.23. The van der Waals surface area contributed by atoms with Crippen molar-refractivity contribution < 1.29 is 18.7 Å². The van der Waals surface area contributed by atoms with Gasteiger partial charge in [0.05, 0.1) is 12.5 Å². The summed E-state index contributed by atoms with van der Waals surface area (Å²) in [4.78, 5) is 10.5. The number of likely N-dealkylation sites (N-methyl/N-ethyl adjacent to an activating group) is 1. The molecule has 0 saturated carbocycles. The highest BCUT2D eigenvalue weighted by atomic mass is 19.1. The molecule has 1 aromatic carbocycles. The van der Waals surface area contributed by atoms with Gasteiger partial charge in [-0.05, 0) is 25.2 Å². The molecule has 17 heavy (non-hydrogen) atoms. The molecule has 0 heterocycles. The van der Waals surface area contributed by atoms with Crippen LogP contribution in [0.2, 0.25) is 0 Å². The van der Waals surface area contributed by atoms with Gasteiger partial charge in [-0.3, -0.25) is 4.79 Å². The van der Waals surface area contributed by atoms with Gasteiger partial charge >= 0.3 is 5.97 Å². The molecule has 4 nitrogen and oxygen atoms in total. The molecule has 1 aromatic rings. The summed E-state index contributed by atoms with van der Waals surface area (Å²) < 4.78 is 26.5. The van der Waals surface area contributed by atoms with E-state index in [0.717, 1.165) is 18.2 Å². The molecule has 0 spiro atoms. The summed E-state index contributed by atoms with van der Waals surface area (Å²) >= 11 is 0. The summed E-state index contributed by atoms with van der Waals surface area (Å²) in [7, 11) is 1.51. The molecule has 0 aliphatic carbocycles. The van der Waals surface area contributed by atoms with Crippen LogP contribution in [0.4, 0.5) is 8.78 Å². The Balaban J connectivity index is 3.00. The number of carboxylic acid groups (broad SMARTS) is 1. The monoisotopic (exact) mass is 244 g/mol. The molecule has 6 heteroatoms. The largest absolute Gasteiger partial charge is 0.481 e. The summed E-state index contributed by atoms with van der Waals surface area (Å²) in [6.45, 7) is 0. The molecule has 2 unspecified atom stereocenters. The molecule has 0 bridgehead atoms. The maximum absolute atomic E-state index is 13.5. The average molecular weight is 244 g/mol. The Morgan fingerprint density at radius 3 is 2.71 bits per heavy atom. The lowest BCUT2D eigenvalue weighted by atomic mass is 9.97. The summed E-state index contributed by atoms with van der Waals surface area (Å²) in [5.41, 5.74) is 5.68. The highest BCUT2D eigenvalue weighted by Crippen LogP contribution is 2.21. The van der Waals surface area contributed by atoms with E-state index in [1.165, 1.54) is 7.05 Å². The number of halogens is 2. The van der Waals surface area contributed by atoms with Crippen LogP contribution in [0.1, 0.15) is 18.0 Å². The third-order valence-electron chi connectivity index (χ3n) is 2.44. The Hall–Kier alpha value is -1.53. The van der Waals surface area contributed by atoms with E-state index >= 15 is 0 Å². The van der Waals surface area contributed by atoms with Crippen molar-refractivity contribution in [2.24, 2.45) is 5.73 Å². The standard InChI is InChI=1S/C11H14F2N2O2/c1-15-11(9(14)5-10(16)17)7-4-6(12)2-3-8(7)13/h2-4,9,11,15H,5,14H2,1H3,(H,16,17). The first-order valence-electron chi connectivity index (χ1n) is 5.05. The maximum Gasteiger partial charge on any atom is 0.304 e. The van der Waals surface area contributed by atoms with Crippen LogP contribution in [0, 0.1) is 11.6 Å². The number of nitrogens with two attached hydrogens (primary N) is 1. The van der Waals surface area contributed by atoms with Crippen molar-refractivity contribution in [1.29, 1.82) is 0 Å². The quantitative estimate of drug-likeness (QED) is 0.723. The van der Waals surface area contributed by atoms with Crippen LogP contribution in [-0.4, -0.2) is 24.2 Å². The number of benzene rings is 1. The fraction of sp³-hybridized carbons (Fsp3) is 0.364. The molecule has 94 valence electrons. The molecule has 0 aliphatic heterocycles. The van der Waals surface area contributed by atoms with E-state index in [2.05, 4.69) is 5.32 Å². The topological polar surface area (TPSA) is 75.3 Å². The van der Waals surface area contributed by atoms with Gasteiger partial charge in [0.2, 0.25) is 0 Å². The van der Waals surface area contributed by atoms with Gasteiger partial charge in [0.25, 0.3) is 0 Å². The van der Waals surface area contributed by atoms with E-state index in [4.69, 9.17) is 10.8 Å². The van der Waals surface area contributed by atoms with Crippen LogP contribution in [0.15, 0.2) is 18.2 Å². The summed E-state index contributed by atoms with van der Waals surface area (Å²) in [6, 6.07) is 1.41. The fourth-order valence-corrected chi connectivity index (χ4v) is 1.67. The van der Waals surface area contributed by atoms with Gasteiger partial charge in [-0.1, -0.05) is 0 Å². The summed E-state index contributed by atoms with van der Waals surface area (Å²) in [6.07, 6.45) is -0.332. The Morgan fingerprint density at radius 1 is 1.53 bits per heavy atom. The van der Waals surface area contributed by atoms with Gasteiger partial charge < -0.3 is 16.2 Å². The van der Waals surface area contributed by atoms with Gasteiger partial charge in [0.15, 0.2) is 0 Å². The summed E-state index contributed by atoms with van der Waals surface area (Å²) in [5, 5.41) is 11.3. The van der Waals surface area contributed by atoms with E-state index < -0.39 is 29.7 Å². The minimum Gasteiger partial charge on any atom is -0.481 e. The Bertz CT molecular complexity index is 412. The Labute approximate surface area is 97.4 Å². The van der Waals surface area contributed by atoms with Crippen LogP contribution >= 0.6 is 0 Å². The second-order valence-electron chi connectivity index (χ2n) is 3.69. The van der Waals surface area contributed by atoms with Gasteiger partial charge in [-0.2, -0.15) is 0 Å². The van der Waals surface area contributed by atoms with Crippen molar-refractivity contribution in [3.8, 4) is 0 Å². The minimum atomic E-state index is -1.09.